The lowest BCUT2D eigenvalue weighted by atomic mass is 9.95. The highest BCUT2D eigenvalue weighted by Gasteiger charge is 2.18. The van der Waals surface area contributed by atoms with Gasteiger partial charge in [0.1, 0.15) is 0 Å². The topological polar surface area (TPSA) is 67.4 Å². The average molecular weight is 282 g/mol. The predicted octanol–water partition coefficient (Wildman–Crippen LogP) is 1.51. The van der Waals surface area contributed by atoms with Crippen molar-refractivity contribution in [1.82, 2.24) is 10.6 Å². The lowest BCUT2D eigenvalue weighted by Crippen LogP contribution is -2.37. The van der Waals surface area contributed by atoms with Gasteiger partial charge in [0.05, 0.1) is 6.10 Å². The van der Waals surface area contributed by atoms with Crippen molar-refractivity contribution in [2.45, 2.75) is 69.9 Å². The van der Waals surface area contributed by atoms with Gasteiger partial charge >= 0.3 is 0 Å². The van der Waals surface area contributed by atoms with Gasteiger partial charge in [0, 0.05) is 32.0 Å². The van der Waals surface area contributed by atoms with E-state index < -0.39 is 0 Å². The molecule has 5 heteroatoms. The monoisotopic (exact) mass is 282 g/mol. The molecule has 1 atom stereocenters. The van der Waals surface area contributed by atoms with E-state index in [1.165, 1.54) is 19.3 Å². The van der Waals surface area contributed by atoms with E-state index in [1.807, 2.05) is 0 Å². The van der Waals surface area contributed by atoms with Crippen LogP contribution in [0.4, 0.5) is 0 Å². The number of rotatable bonds is 6. The number of ether oxygens (including phenoxy) is 1. The van der Waals surface area contributed by atoms with Crippen molar-refractivity contribution in [3.63, 3.8) is 0 Å². The van der Waals surface area contributed by atoms with Crippen molar-refractivity contribution < 1.29 is 14.3 Å². The first kappa shape index (κ1) is 15.3. The molecule has 2 N–H and O–H groups in total. The molecule has 2 amide bonds. The fourth-order valence-electron chi connectivity index (χ4n) is 2.90. The van der Waals surface area contributed by atoms with Crippen LogP contribution in [-0.2, 0) is 14.3 Å². The predicted molar refractivity (Wildman–Crippen MR) is 76.2 cm³/mol. The Morgan fingerprint density at radius 2 is 1.70 bits per heavy atom. The number of carbonyl (C=O) groups excluding carboxylic acids is 2. The Kier molecular flexibility index (Phi) is 6.30. The number of amides is 2. The summed E-state index contributed by atoms with van der Waals surface area (Å²) in [4.78, 5) is 23.4. The third-order valence-electron chi connectivity index (χ3n) is 4.10. The van der Waals surface area contributed by atoms with Gasteiger partial charge in [-0.1, -0.05) is 19.3 Å². The standard InChI is InChI=1S/C15H26N2O3/c18-14(16-11-13-7-4-10-20-13)8-9-15(19)17-12-5-2-1-3-6-12/h12-13H,1-11H2,(H,16,18)(H,17,19)/t13-/m0/s1. The zero-order valence-corrected chi connectivity index (χ0v) is 12.2. The molecule has 1 heterocycles. The molecule has 5 nitrogen and oxygen atoms in total. The average Bonchev–Trinajstić information content (AvgIpc) is 2.97. The maximum absolute atomic E-state index is 11.8. The van der Waals surface area contributed by atoms with Gasteiger partial charge < -0.3 is 15.4 Å². The Labute approximate surface area is 120 Å². The van der Waals surface area contributed by atoms with E-state index in [-0.39, 0.29) is 30.8 Å². The summed E-state index contributed by atoms with van der Waals surface area (Å²) >= 11 is 0. The molecule has 1 aliphatic heterocycles. The minimum absolute atomic E-state index is 0.00386. The van der Waals surface area contributed by atoms with Crippen molar-refractivity contribution in [3.8, 4) is 0 Å². The molecular formula is C15H26N2O3. The van der Waals surface area contributed by atoms with Gasteiger partial charge in [-0.05, 0) is 25.7 Å². The van der Waals surface area contributed by atoms with Crippen LogP contribution in [0.1, 0.15) is 57.8 Å². The summed E-state index contributed by atoms with van der Waals surface area (Å²) < 4.78 is 5.44. The fraction of sp³-hybridized carbons (Fsp3) is 0.867. The molecule has 20 heavy (non-hydrogen) atoms. The van der Waals surface area contributed by atoms with Crippen molar-refractivity contribution in [3.05, 3.63) is 0 Å². The lowest BCUT2D eigenvalue weighted by Gasteiger charge is -2.22. The first-order valence-corrected chi connectivity index (χ1v) is 7.91. The molecule has 2 fully saturated rings. The van der Waals surface area contributed by atoms with Crippen LogP contribution in [-0.4, -0.2) is 37.1 Å². The number of hydrogen-bond donors (Lipinski definition) is 2. The number of nitrogens with one attached hydrogen (secondary N) is 2. The first-order valence-electron chi connectivity index (χ1n) is 7.91. The van der Waals surface area contributed by atoms with Gasteiger partial charge in [-0.2, -0.15) is 0 Å². The molecule has 0 aromatic carbocycles. The molecule has 1 saturated carbocycles. The third kappa shape index (κ3) is 5.49. The Bertz CT molecular complexity index is 321. The van der Waals surface area contributed by atoms with Crippen LogP contribution in [0.2, 0.25) is 0 Å². The minimum atomic E-state index is -0.0562. The van der Waals surface area contributed by atoms with E-state index >= 15 is 0 Å². The summed E-state index contributed by atoms with van der Waals surface area (Å²) in [5.74, 6) is -0.0524. The zero-order chi connectivity index (χ0) is 14.2. The summed E-state index contributed by atoms with van der Waals surface area (Å²) in [6.07, 6.45) is 8.65. The van der Waals surface area contributed by atoms with Crippen LogP contribution in [0.5, 0.6) is 0 Å². The van der Waals surface area contributed by atoms with Crippen molar-refractivity contribution >= 4 is 11.8 Å². The van der Waals surface area contributed by atoms with Gasteiger partial charge in [0.2, 0.25) is 11.8 Å². The van der Waals surface area contributed by atoms with Gasteiger partial charge in [-0.3, -0.25) is 9.59 Å². The quantitative estimate of drug-likeness (QED) is 0.776. The molecule has 2 aliphatic rings. The van der Waals surface area contributed by atoms with E-state index in [2.05, 4.69) is 10.6 Å². The van der Waals surface area contributed by atoms with E-state index in [4.69, 9.17) is 4.74 Å². The van der Waals surface area contributed by atoms with Gasteiger partial charge in [-0.15, -0.1) is 0 Å². The number of carbonyl (C=O) groups is 2. The molecule has 1 aliphatic carbocycles. The van der Waals surface area contributed by atoms with Crippen molar-refractivity contribution in [2.24, 2.45) is 0 Å². The Hall–Kier alpha value is -1.10. The van der Waals surface area contributed by atoms with E-state index in [9.17, 15) is 9.59 Å². The lowest BCUT2D eigenvalue weighted by molar-refractivity contribution is -0.127. The molecule has 0 radical (unpaired) electrons. The molecule has 0 bridgehead atoms. The van der Waals surface area contributed by atoms with Crippen LogP contribution in [0.3, 0.4) is 0 Å². The second kappa shape index (κ2) is 8.25. The SMILES string of the molecule is O=C(CCC(=O)NC1CCCCC1)NC[C@@H]1CCCO1. The molecule has 0 aromatic rings. The van der Waals surface area contributed by atoms with Crippen LogP contribution in [0, 0.1) is 0 Å². The fourth-order valence-corrected chi connectivity index (χ4v) is 2.90. The van der Waals surface area contributed by atoms with Crippen molar-refractivity contribution in [1.29, 1.82) is 0 Å². The molecule has 0 aromatic heterocycles. The highest BCUT2D eigenvalue weighted by Crippen LogP contribution is 2.17. The smallest absolute Gasteiger partial charge is 0.220 e. The maximum Gasteiger partial charge on any atom is 0.220 e. The third-order valence-corrected chi connectivity index (χ3v) is 4.10. The van der Waals surface area contributed by atoms with E-state index in [0.717, 1.165) is 32.3 Å². The summed E-state index contributed by atoms with van der Waals surface area (Å²) in [7, 11) is 0. The summed E-state index contributed by atoms with van der Waals surface area (Å²) in [5, 5.41) is 5.87. The second-order valence-corrected chi connectivity index (χ2v) is 5.84. The van der Waals surface area contributed by atoms with Crippen molar-refractivity contribution in [2.75, 3.05) is 13.2 Å². The summed E-state index contributed by atoms with van der Waals surface area (Å²) in [6.45, 7) is 1.37. The Morgan fingerprint density at radius 1 is 0.950 bits per heavy atom. The Balaban J connectivity index is 1.53. The summed E-state index contributed by atoms with van der Waals surface area (Å²) in [6, 6.07) is 0.325. The highest BCUT2D eigenvalue weighted by molar-refractivity contribution is 5.83. The van der Waals surface area contributed by atoms with Gasteiger partial charge in [0.15, 0.2) is 0 Å². The molecule has 0 unspecified atom stereocenters. The van der Waals surface area contributed by atoms with Gasteiger partial charge in [-0.25, -0.2) is 0 Å². The summed E-state index contributed by atoms with van der Waals surface area (Å²) in [5.41, 5.74) is 0. The van der Waals surface area contributed by atoms with Crippen LogP contribution in [0.25, 0.3) is 0 Å². The molecule has 0 spiro atoms. The normalized spacial score (nSPS) is 23.5. The maximum atomic E-state index is 11.8. The van der Waals surface area contributed by atoms with Crippen LogP contribution in [0.15, 0.2) is 0 Å². The zero-order valence-electron chi connectivity index (χ0n) is 12.2. The largest absolute Gasteiger partial charge is 0.376 e. The van der Waals surface area contributed by atoms with Crippen LogP contribution < -0.4 is 10.6 Å². The van der Waals surface area contributed by atoms with E-state index in [0.29, 0.717) is 12.6 Å². The highest BCUT2D eigenvalue weighted by atomic mass is 16.5. The molecule has 1 saturated heterocycles. The first-order chi connectivity index (χ1) is 9.74. The Morgan fingerprint density at radius 3 is 2.40 bits per heavy atom. The minimum Gasteiger partial charge on any atom is -0.376 e. The van der Waals surface area contributed by atoms with Gasteiger partial charge in [0.25, 0.3) is 0 Å². The van der Waals surface area contributed by atoms with E-state index in [1.54, 1.807) is 0 Å². The number of hydrogen-bond acceptors (Lipinski definition) is 3. The molecule has 114 valence electrons. The van der Waals surface area contributed by atoms with Crippen LogP contribution >= 0.6 is 0 Å². The molecule has 2 rings (SSSR count). The molecular weight excluding hydrogens is 256 g/mol. The second-order valence-electron chi connectivity index (χ2n) is 5.84.